The molecule has 3 rings (SSSR count). The first-order valence-electron chi connectivity index (χ1n) is 12.6. The van der Waals surface area contributed by atoms with Crippen LogP contribution in [0.5, 0.6) is 5.75 Å². The van der Waals surface area contributed by atoms with Crippen LogP contribution in [0.15, 0.2) is 84.9 Å². The lowest BCUT2D eigenvalue weighted by Crippen LogP contribution is -2.56. The van der Waals surface area contributed by atoms with Crippen molar-refractivity contribution in [1.29, 1.82) is 0 Å². The van der Waals surface area contributed by atoms with Crippen LogP contribution in [-0.4, -0.2) is 47.2 Å². The minimum atomic E-state index is -0.979. The molecule has 0 saturated carbocycles. The Balaban J connectivity index is 1.62. The minimum absolute atomic E-state index is 0.146. The molecule has 39 heavy (non-hydrogen) atoms. The monoisotopic (exact) mass is 533 g/mol. The Kier molecular flexibility index (Phi) is 11.0. The number of aromatic hydroxyl groups is 1. The van der Waals surface area contributed by atoms with Crippen molar-refractivity contribution >= 4 is 17.7 Å². The number of hydrogen-bond acceptors (Lipinski definition) is 7. The molecule has 10 nitrogen and oxygen atoms in total. The first-order valence-corrected chi connectivity index (χ1v) is 12.6. The summed E-state index contributed by atoms with van der Waals surface area (Å²) in [5.41, 5.74) is 16.7. The maximum atomic E-state index is 13.3. The van der Waals surface area contributed by atoms with Gasteiger partial charge in [0.15, 0.2) is 0 Å². The third kappa shape index (κ3) is 9.86. The molecule has 0 aliphatic carbocycles. The standard InChI is InChI=1S/C29H35N5O5/c1-19(34-39-26(30)18-22-12-14-23(35)15-13-22)28(37)33-25(17-21-10-6-3-7-11-21)29(38)32-24(27(31)36)16-20-8-4-2-5-9-20/h2-15,19,24-26,34-35H,16-18,30H2,1H3,(H2,31,36)(H,32,38)(H,33,37)/t19-,24-,25-,26+/m0/s1. The summed E-state index contributed by atoms with van der Waals surface area (Å²) in [6.45, 7) is 1.57. The average Bonchev–Trinajstić information content (AvgIpc) is 2.93. The predicted octanol–water partition coefficient (Wildman–Crippen LogP) is 1.07. The van der Waals surface area contributed by atoms with Crippen molar-refractivity contribution in [2.24, 2.45) is 11.5 Å². The lowest BCUT2D eigenvalue weighted by molar-refractivity contribution is -0.134. The SMILES string of the molecule is C[C@H](NO[C@@H](N)Cc1ccc(O)cc1)C(=O)N[C@@H](Cc1ccccc1)C(=O)N[C@@H](Cc1ccccc1)C(N)=O. The van der Waals surface area contributed by atoms with E-state index in [2.05, 4.69) is 16.1 Å². The van der Waals surface area contributed by atoms with E-state index in [0.717, 1.165) is 16.7 Å². The number of primary amides is 1. The van der Waals surface area contributed by atoms with Gasteiger partial charge in [0.1, 0.15) is 30.1 Å². The van der Waals surface area contributed by atoms with E-state index in [-0.39, 0.29) is 18.6 Å². The van der Waals surface area contributed by atoms with E-state index >= 15 is 0 Å². The lowest BCUT2D eigenvalue weighted by atomic mass is 10.0. The van der Waals surface area contributed by atoms with Crippen LogP contribution in [0, 0.1) is 0 Å². The molecule has 4 atom stereocenters. The molecule has 3 aromatic rings. The molecule has 0 spiro atoms. The first kappa shape index (κ1) is 29.3. The number of hydroxylamine groups is 1. The molecular formula is C29H35N5O5. The van der Waals surface area contributed by atoms with Crippen LogP contribution < -0.4 is 27.6 Å². The van der Waals surface area contributed by atoms with Gasteiger partial charge in [0.2, 0.25) is 17.7 Å². The predicted molar refractivity (Wildman–Crippen MR) is 147 cm³/mol. The number of rotatable bonds is 14. The van der Waals surface area contributed by atoms with Crippen molar-refractivity contribution in [3.8, 4) is 5.75 Å². The van der Waals surface area contributed by atoms with Gasteiger partial charge in [-0.1, -0.05) is 72.8 Å². The molecule has 8 N–H and O–H groups in total. The summed E-state index contributed by atoms with van der Waals surface area (Å²) in [6, 6.07) is 22.2. The number of hydrogen-bond donors (Lipinski definition) is 6. The number of carbonyl (C=O) groups excluding carboxylic acids is 3. The zero-order valence-corrected chi connectivity index (χ0v) is 21.7. The van der Waals surface area contributed by atoms with Crippen molar-refractivity contribution in [2.75, 3.05) is 0 Å². The van der Waals surface area contributed by atoms with Gasteiger partial charge in [0.25, 0.3) is 0 Å². The second kappa shape index (κ2) is 14.6. The molecule has 10 heteroatoms. The average molecular weight is 534 g/mol. The highest BCUT2D eigenvalue weighted by Crippen LogP contribution is 2.11. The van der Waals surface area contributed by atoms with Gasteiger partial charge in [-0.05, 0) is 35.7 Å². The summed E-state index contributed by atoms with van der Waals surface area (Å²) < 4.78 is 0. The number of nitrogens with one attached hydrogen (secondary N) is 3. The van der Waals surface area contributed by atoms with E-state index in [0.29, 0.717) is 6.42 Å². The molecule has 206 valence electrons. The van der Waals surface area contributed by atoms with E-state index in [1.54, 1.807) is 31.2 Å². The van der Waals surface area contributed by atoms with E-state index < -0.39 is 42.1 Å². The molecule has 0 aliphatic heterocycles. The van der Waals surface area contributed by atoms with Crippen molar-refractivity contribution in [3.63, 3.8) is 0 Å². The van der Waals surface area contributed by atoms with Crippen LogP contribution in [0.3, 0.4) is 0 Å². The topological polar surface area (TPSA) is 169 Å². The molecule has 0 aromatic heterocycles. The van der Waals surface area contributed by atoms with Gasteiger partial charge in [0, 0.05) is 19.3 Å². The Morgan fingerprint density at radius 2 is 1.23 bits per heavy atom. The zero-order valence-electron chi connectivity index (χ0n) is 21.7. The van der Waals surface area contributed by atoms with Crippen LogP contribution in [0.4, 0.5) is 0 Å². The highest BCUT2D eigenvalue weighted by molar-refractivity contribution is 5.92. The largest absolute Gasteiger partial charge is 0.508 e. The van der Waals surface area contributed by atoms with Crippen molar-refractivity contribution < 1.29 is 24.3 Å². The number of phenols is 1. The molecule has 3 aromatic carbocycles. The van der Waals surface area contributed by atoms with E-state index in [4.69, 9.17) is 16.3 Å². The maximum Gasteiger partial charge on any atom is 0.243 e. The molecule has 0 fully saturated rings. The van der Waals surface area contributed by atoms with Gasteiger partial charge in [0.05, 0.1) is 0 Å². The molecule has 0 heterocycles. The molecule has 0 unspecified atom stereocenters. The molecular weight excluding hydrogens is 498 g/mol. The fourth-order valence-electron chi connectivity index (χ4n) is 3.85. The van der Waals surface area contributed by atoms with Gasteiger partial charge < -0.3 is 27.2 Å². The Bertz CT molecular complexity index is 1210. The summed E-state index contributed by atoms with van der Waals surface area (Å²) in [5, 5.41) is 14.8. The zero-order chi connectivity index (χ0) is 28.2. The van der Waals surface area contributed by atoms with E-state index in [1.807, 2.05) is 60.7 Å². The highest BCUT2D eigenvalue weighted by atomic mass is 16.7. The smallest absolute Gasteiger partial charge is 0.243 e. The Morgan fingerprint density at radius 3 is 1.77 bits per heavy atom. The highest BCUT2D eigenvalue weighted by Gasteiger charge is 2.28. The Hall–Kier alpha value is -4.25. The van der Waals surface area contributed by atoms with Gasteiger partial charge in [-0.15, -0.1) is 0 Å². The number of benzene rings is 3. The maximum absolute atomic E-state index is 13.3. The van der Waals surface area contributed by atoms with Gasteiger partial charge in [-0.2, -0.15) is 5.48 Å². The first-order chi connectivity index (χ1) is 18.7. The summed E-state index contributed by atoms with van der Waals surface area (Å²) >= 11 is 0. The molecule has 0 radical (unpaired) electrons. The normalized spacial score (nSPS) is 14.0. The Morgan fingerprint density at radius 1 is 0.744 bits per heavy atom. The van der Waals surface area contributed by atoms with Crippen LogP contribution in [0.1, 0.15) is 23.6 Å². The number of amides is 3. The second-order valence-electron chi connectivity index (χ2n) is 9.27. The fourth-order valence-corrected chi connectivity index (χ4v) is 3.85. The number of phenolic OH excluding ortho intramolecular Hbond substituents is 1. The number of carbonyl (C=O) groups is 3. The van der Waals surface area contributed by atoms with Crippen LogP contribution >= 0.6 is 0 Å². The summed E-state index contributed by atoms with van der Waals surface area (Å²) in [4.78, 5) is 43.8. The summed E-state index contributed by atoms with van der Waals surface area (Å²) in [5.74, 6) is -1.57. The third-order valence-corrected chi connectivity index (χ3v) is 6.02. The summed E-state index contributed by atoms with van der Waals surface area (Å²) in [6.07, 6.45) is 0.000733. The van der Waals surface area contributed by atoms with Crippen LogP contribution in [0.2, 0.25) is 0 Å². The van der Waals surface area contributed by atoms with Gasteiger partial charge in [-0.25, -0.2) is 0 Å². The number of nitrogens with two attached hydrogens (primary N) is 2. The van der Waals surface area contributed by atoms with Gasteiger partial charge >= 0.3 is 0 Å². The van der Waals surface area contributed by atoms with Crippen molar-refractivity contribution in [3.05, 3.63) is 102 Å². The van der Waals surface area contributed by atoms with Crippen molar-refractivity contribution in [1.82, 2.24) is 16.1 Å². The molecule has 0 saturated heterocycles. The minimum Gasteiger partial charge on any atom is -0.508 e. The van der Waals surface area contributed by atoms with E-state index in [9.17, 15) is 19.5 Å². The molecule has 3 amide bonds. The summed E-state index contributed by atoms with van der Waals surface area (Å²) in [7, 11) is 0. The molecule has 0 bridgehead atoms. The second-order valence-corrected chi connectivity index (χ2v) is 9.27. The fraction of sp³-hybridized carbons (Fsp3) is 0.276. The van der Waals surface area contributed by atoms with Crippen LogP contribution in [-0.2, 0) is 38.5 Å². The van der Waals surface area contributed by atoms with Gasteiger partial charge in [-0.3, -0.25) is 19.2 Å². The lowest BCUT2D eigenvalue weighted by Gasteiger charge is -2.24. The van der Waals surface area contributed by atoms with E-state index in [1.165, 1.54) is 0 Å². The third-order valence-electron chi connectivity index (χ3n) is 6.02. The Labute approximate surface area is 227 Å². The van der Waals surface area contributed by atoms with Crippen LogP contribution in [0.25, 0.3) is 0 Å². The molecule has 0 aliphatic rings. The van der Waals surface area contributed by atoms with Crippen molar-refractivity contribution in [2.45, 2.75) is 50.5 Å². The quantitative estimate of drug-likeness (QED) is 0.133.